The molecule has 0 aliphatic carbocycles. The van der Waals surface area contributed by atoms with Gasteiger partial charge >= 0.3 is 0 Å². The van der Waals surface area contributed by atoms with E-state index in [9.17, 15) is 13.2 Å². The lowest BCUT2D eigenvalue weighted by molar-refractivity contribution is 0.0512. The highest BCUT2D eigenvalue weighted by atomic mass is 35.5. The van der Waals surface area contributed by atoms with E-state index in [0.717, 1.165) is 25.9 Å². The van der Waals surface area contributed by atoms with Gasteiger partial charge in [-0.25, -0.2) is 8.42 Å². The third-order valence-electron chi connectivity index (χ3n) is 5.26. The molecule has 1 aromatic carbocycles. The summed E-state index contributed by atoms with van der Waals surface area (Å²) < 4.78 is 30.8. The lowest BCUT2D eigenvalue weighted by Gasteiger charge is -2.37. The molecule has 2 aliphatic rings. The lowest BCUT2D eigenvalue weighted by Crippen LogP contribution is -2.47. The highest BCUT2D eigenvalue weighted by Crippen LogP contribution is 2.28. The molecule has 0 radical (unpaired) electrons. The largest absolute Gasteiger partial charge is 0.384 e. The first kappa shape index (κ1) is 21.9. The van der Waals surface area contributed by atoms with Gasteiger partial charge < -0.3 is 15.4 Å². The Kier molecular flexibility index (Phi) is 7.50. The summed E-state index contributed by atoms with van der Waals surface area (Å²) in [7, 11) is -1.51. The molecule has 0 bridgehead atoms. The van der Waals surface area contributed by atoms with E-state index in [1.54, 1.807) is 31.4 Å². The fourth-order valence-corrected chi connectivity index (χ4v) is 5.28. The summed E-state index contributed by atoms with van der Waals surface area (Å²) in [5.74, 6) is 0.0425. The third-order valence-corrected chi connectivity index (χ3v) is 7.12. The SMILES string of the molecule is COCC1(CNC(=O)c2ccc(N3CCCS3(=O)=O)cc2)CCNCC1.Cl. The average molecular weight is 418 g/mol. The maximum atomic E-state index is 12.5. The van der Waals surface area contributed by atoms with Gasteiger partial charge in [-0.3, -0.25) is 9.10 Å². The Balaban J connectivity index is 0.00000261. The van der Waals surface area contributed by atoms with Crippen LogP contribution in [0.2, 0.25) is 0 Å². The molecule has 2 fully saturated rings. The standard InChI is InChI=1S/C18H27N3O4S.ClH/c1-25-14-18(7-9-19-10-8-18)13-20-17(22)15-3-5-16(6-4-15)21-11-2-12-26(21,23)24;/h3-6,19H,2,7-14H2,1H3,(H,20,22);1H. The molecule has 1 aromatic rings. The first-order valence-corrected chi connectivity index (χ1v) is 10.7. The smallest absolute Gasteiger partial charge is 0.251 e. The number of amides is 1. The van der Waals surface area contributed by atoms with Crippen LogP contribution in [0.25, 0.3) is 0 Å². The molecule has 152 valence electrons. The van der Waals surface area contributed by atoms with Gasteiger partial charge in [0.2, 0.25) is 10.0 Å². The number of anilines is 1. The van der Waals surface area contributed by atoms with Gasteiger partial charge in [0, 0.05) is 31.2 Å². The summed E-state index contributed by atoms with van der Waals surface area (Å²) in [5, 5.41) is 6.36. The highest BCUT2D eigenvalue weighted by Gasteiger charge is 2.32. The molecule has 9 heteroatoms. The van der Waals surface area contributed by atoms with Gasteiger partial charge in [-0.1, -0.05) is 0 Å². The molecule has 27 heavy (non-hydrogen) atoms. The molecule has 0 unspecified atom stereocenters. The zero-order valence-corrected chi connectivity index (χ0v) is 17.2. The third kappa shape index (κ3) is 5.13. The number of ether oxygens (including phenoxy) is 1. The number of nitrogens with one attached hydrogen (secondary N) is 2. The van der Waals surface area contributed by atoms with Crippen molar-refractivity contribution in [2.45, 2.75) is 19.3 Å². The highest BCUT2D eigenvalue weighted by molar-refractivity contribution is 7.93. The Morgan fingerprint density at radius 3 is 2.48 bits per heavy atom. The zero-order valence-electron chi connectivity index (χ0n) is 15.6. The van der Waals surface area contributed by atoms with Gasteiger partial charge in [0.15, 0.2) is 0 Å². The van der Waals surface area contributed by atoms with Crippen molar-refractivity contribution in [2.24, 2.45) is 5.41 Å². The van der Waals surface area contributed by atoms with Crippen molar-refractivity contribution in [2.75, 3.05) is 50.0 Å². The van der Waals surface area contributed by atoms with Crippen molar-refractivity contribution in [3.8, 4) is 0 Å². The molecular weight excluding hydrogens is 390 g/mol. The minimum absolute atomic E-state index is 0. The summed E-state index contributed by atoms with van der Waals surface area (Å²) >= 11 is 0. The first-order chi connectivity index (χ1) is 12.5. The Morgan fingerprint density at radius 2 is 1.93 bits per heavy atom. The molecule has 2 saturated heterocycles. The van der Waals surface area contributed by atoms with Crippen molar-refractivity contribution in [1.29, 1.82) is 0 Å². The van der Waals surface area contributed by atoms with Crippen LogP contribution in [0.15, 0.2) is 24.3 Å². The van der Waals surface area contributed by atoms with Crippen LogP contribution in [0.3, 0.4) is 0 Å². The minimum atomic E-state index is -3.20. The van der Waals surface area contributed by atoms with Gasteiger partial charge in [-0.15, -0.1) is 12.4 Å². The van der Waals surface area contributed by atoms with Gasteiger partial charge in [0.25, 0.3) is 5.91 Å². The van der Waals surface area contributed by atoms with Gasteiger partial charge in [0.1, 0.15) is 0 Å². The van der Waals surface area contributed by atoms with Gasteiger partial charge in [0.05, 0.1) is 18.0 Å². The Morgan fingerprint density at radius 1 is 1.26 bits per heavy atom. The van der Waals surface area contributed by atoms with E-state index < -0.39 is 10.0 Å². The number of benzene rings is 1. The van der Waals surface area contributed by atoms with Crippen LogP contribution in [-0.2, 0) is 14.8 Å². The van der Waals surface area contributed by atoms with Gasteiger partial charge in [-0.2, -0.15) is 0 Å². The van der Waals surface area contributed by atoms with Crippen LogP contribution < -0.4 is 14.9 Å². The number of carbonyl (C=O) groups excluding carboxylic acids is 1. The molecule has 0 spiro atoms. The molecule has 1 amide bonds. The molecule has 0 atom stereocenters. The summed E-state index contributed by atoms with van der Waals surface area (Å²) in [6.45, 7) is 3.56. The predicted octanol–water partition coefficient (Wildman–Crippen LogP) is 1.39. The van der Waals surface area contributed by atoms with Crippen LogP contribution in [0, 0.1) is 5.41 Å². The maximum Gasteiger partial charge on any atom is 0.251 e. The molecule has 0 aromatic heterocycles. The van der Waals surface area contributed by atoms with Crippen molar-refractivity contribution >= 4 is 34.0 Å². The number of sulfonamides is 1. The molecule has 7 nitrogen and oxygen atoms in total. The first-order valence-electron chi connectivity index (χ1n) is 9.04. The molecule has 0 saturated carbocycles. The number of methoxy groups -OCH3 is 1. The number of rotatable bonds is 6. The Bertz CT molecular complexity index is 728. The normalized spacial score (nSPS) is 20.7. The second-order valence-corrected chi connectivity index (χ2v) is 9.17. The Hall–Kier alpha value is -1.35. The number of hydrogen-bond donors (Lipinski definition) is 2. The summed E-state index contributed by atoms with van der Waals surface area (Å²) in [6, 6.07) is 6.77. The fourth-order valence-electron chi connectivity index (χ4n) is 3.71. The predicted molar refractivity (Wildman–Crippen MR) is 108 cm³/mol. The quantitative estimate of drug-likeness (QED) is 0.730. The summed E-state index contributed by atoms with van der Waals surface area (Å²) in [6.07, 6.45) is 2.57. The topological polar surface area (TPSA) is 87.7 Å². The number of carbonyl (C=O) groups is 1. The number of halogens is 1. The number of nitrogens with zero attached hydrogens (tertiary/aromatic N) is 1. The van der Waals surface area contributed by atoms with E-state index in [2.05, 4.69) is 10.6 Å². The van der Waals surface area contributed by atoms with Crippen molar-refractivity contribution in [3.63, 3.8) is 0 Å². The van der Waals surface area contributed by atoms with E-state index in [4.69, 9.17) is 4.74 Å². The van der Waals surface area contributed by atoms with E-state index in [0.29, 0.717) is 37.4 Å². The van der Waals surface area contributed by atoms with Crippen LogP contribution >= 0.6 is 12.4 Å². The number of piperidine rings is 1. The average Bonchev–Trinajstić information content (AvgIpc) is 3.00. The minimum Gasteiger partial charge on any atom is -0.384 e. The molecule has 3 rings (SSSR count). The number of hydrogen-bond acceptors (Lipinski definition) is 5. The van der Waals surface area contributed by atoms with Crippen LogP contribution in [0.5, 0.6) is 0 Å². The van der Waals surface area contributed by atoms with Crippen molar-refractivity contribution in [1.82, 2.24) is 10.6 Å². The van der Waals surface area contributed by atoms with Crippen molar-refractivity contribution in [3.05, 3.63) is 29.8 Å². The van der Waals surface area contributed by atoms with Crippen LogP contribution in [0.1, 0.15) is 29.6 Å². The second-order valence-electron chi connectivity index (χ2n) is 7.15. The van der Waals surface area contributed by atoms with E-state index in [1.807, 2.05) is 0 Å². The van der Waals surface area contributed by atoms with Crippen LogP contribution in [-0.4, -0.2) is 60.0 Å². The molecule has 2 heterocycles. The maximum absolute atomic E-state index is 12.5. The fraction of sp³-hybridized carbons (Fsp3) is 0.611. The van der Waals surface area contributed by atoms with Crippen molar-refractivity contribution < 1.29 is 17.9 Å². The van der Waals surface area contributed by atoms with Crippen LogP contribution in [0.4, 0.5) is 5.69 Å². The Labute approximate surface area is 167 Å². The lowest BCUT2D eigenvalue weighted by atomic mass is 9.79. The molecule has 2 N–H and O–H groups in total. The van der Waals surface area contributed by atoms with Gasteiger partial charge in [-0.05, 0) is 56.6 Å². The van der Waals surface area contributed by atoms with E-state index >= 15 is 0 Å². The summed E-state index contributed by atoms with van der Waals surface area (Å²) in [4.78, 5) is 12.5. The van der Waals surface area contributed by atoms with E-state index in [1.165, 1.54) is 4.31 Å². The molecule has 2 aliphatic heterocycles. The molecular formula is C18H28ClN3O4S. The second kappa shape index (κ2) is 9.23. The zero-order chi connectivity index (χ0) is 18.6. The summed E-state index contributed by atoms with van der Waals surface area (Å²) in [5.41, 5.74) is 1.12. The van der Waals surface area contributed by atoms with E-state index in [-0.39, 0.29) is 29.5 Å². The monoisotopic (exact) mass is 417 g/mol.